The summed E-state index contributed by atoms with van der Waals surface area (Å²) in [6.45, 7) is 0. The monoisotopic (exact) mass is 293 g/mol. The van der Waals surface area contributed by atoms with Gasteiger partial charge in [0.25, 0.3) is 0 Å². The normalized spacial score (nSPS) is 11.6. The van der Waals surface area contributed by atoms with Crippen LogP contribution in [0.25, 0.3) is 11.0 Å². The third kappa shape index (κ3) is 4.07. The molecule has 0 radical (unpaired) electrons. The highest BCUT2D eigenvalue weighted by atomic mass is 35.5. The minimum absolute atomic E-state index is 0. The molecule has 1 heterocycles. The summed E-state index contributed by atoms with van der Waals surface area (Å²) < 4.78 is 0. The Morgan fingerprint density at radius 1 is 1.35 bits per heavy atom. The summed E-state index contributed by atoms with van der Waals surface area (Å²) in [6, 6.07) is 8.02. The number of fused-ring (bicyclic) bond motifs is 1. The molecule has 0 saturated heterocycles. The molecule has 0 unspecified atom stereocenters. The first-order chi connectivity index (χ1) is 7.31. The smallest absolute Gasteiger partial charge is 0.124 e. The van der Waals surface area contributed by atoms with Crippen molar-refractivity contribution in [2.75, 3.05) is 12.0 Å². The van der Waals surface area contributed by atoms with Crippen molar-refractivity contribution in [3.05, 3.63) is 30.1 Å². The van der Waals surface area contributed by atoms with E-state index in [0.717, 1.165) is 29.0 Å². The number of aromatic nitrogens is 2. The second-order valence-corrected chi connectivity index (χ2v) is 4.51. The Kier molecular flexibility index (Phi) is 7.63. The molecule has 0 bridgehead atoms. The highest BCUT2D eigenvalue weighted by molar-refractivity contribution is 7.98. The van der Waals surface area contributed by atoms with Gasteiger partial charge in [0.05, 0.1) is 17.1 Å². The molecule has 0 saturated carbocycles. The van der Waals surface area contributed by atoms with Crippen LogP contribution >= 0.6 is 36.6 Å². The van der Waals surface area contributed by atoms with Crippen molar-refractivity contribution >= 4 is 47.6 Å². The van der Waals surface area contributed by atoms with E-state index in [4.69, 9.17) is 5.73 Å². The number of para-hydroxylation sites is 2. The first-order valence-corrected chi connectivity index (χ1v) is 6.40. The van der Waals surface area contributed by atoms with E-state index in [0.29, 0.717) is 0 Å². The molecule has 0 aliphatic carbocycles. The Balaban J connectivity index is 0.00000128. The minimum atomic E-state index is 0. The number of hydrogen-bond acceptors (Lipinski definition) is 3. The number of halogens is 2. The molecule has 3 nitrogen and oxygen atoms in total. The molecular formula is C11H17Cl2N3S. The highest BCUT2D eigenvalue weighted by Gasteiger charge is 2.10. The van der Waals surface area contributed by atoms with E-state index in [-0.39, 0.29) is 30.9 Å². The van der Waals surface area contributed by atoms with Crippen molar-refractivity contribution in [2.45, 2.75) is 12.5 Å². The lowest BCUT2D eigenvalue weighted by Gasteiger charge is -2.06. The summed E-state index contributed by atoms with van der Waals surface area (Å²) in [7, 11) is 0. The van der Waals surface area contributed by atoms with Crippen LogP contribution in [-0.2, 0) is 0 Å². The van der Waals surface area contributed by atoms with Crippen LogP contribution in [0.3, 0.4) is 0 Å². The molecule has 0 amide bonds. The van der Waals surface area contributed by atoms with Gasteiger partial charge in [0.2, 0.25) is 0 Å². The minimum Gasteiger partial charge on any atom is -0.341 e. The Hall–Kier alpha value is -0.420. The third-order valence-electron chi connectivity index (χ3n) is 2.39. The molecule has 3 N–H and O–H groups in total. The fourth-order valence-electron chi connectivity index (χ4n) is 1.53. The molecule has 96 valence electrons. The van der Waals surface area contributed by atoms with Crippen LogP contribution in [0.4, 0.5) is 0 Å². The fraction of sp³-hybridized carbons (Fsp3) is 0.364. The first-order valence-electron chi connectivity index (χ1n) is 5.00. The van der Waals surface area contributed by atoms with Crippen LogP contribution in [0.15, 0.2) is 24.3 Å². The Morgan fingerprint density at radius 3 is 2.71 bits per heavy atom. The first kappa shape index (κ1) is 16.6. The van der Waals surface area contributed by atoms with Gasteiger partial charge in [-0.1, -0.05) is 12.1 Å². The number of nitrogens with two attached hydrogens (primary N) is 1. The molecule has 1 atom stereocenters. The molecule has 0 spiro atoms. The number of rotatable bonds is 4. The van der Waals surface area contributed by atoms with Crippen LogP contribution < -0.4 is 5.73 Å². The van der Waals surface area contributed by atoms with Crippen LogP contribution in [0.5, 0.6) is 0 Å². The molecule has 1 aromatic heterocycles. The Morgan fingerprint density at radius 2 is 2.06 bits per heavy atom. The summed E-state index contributed by atoms with van der Waals surface area (Å²) in [5.41, 5.74) is 8.09. The van der Waals surface area contributed by atoms with Gasteiger partial charge in [0, 0.05) is 0 Å². The molecule has 2 rings (SSSR count). The number of imidazole rings is 1. The number of nitrogens with zero attached hydrogens (tertiary/aromatic N) is 1. The molecule has 6 heteroatoms. The topological polar surface area (TPSA) is 54.7 Å². The average Bonchev–Trinajstić information content (AvgIpc) is 2.69. The zero-order valence-corrected chi connectivity index (χ0v) is 12.0. The third-order valence-corrected chi connectivity index (χ3v) is 3.04. The maximum absolute atomic E-state index is 6.04. The SMILES string of the molecule is CSCC[C@@H](N)c1nc2ccccc2[nH]1.Cl.Cl. The van der Waals surface area contributed by atoms with E-state index in [2.05, 4.69) is 16.2 Å². The molecule has 0 aliphatic rings. The molecule has 2 aromatic rings. The highest BCUT2D eigenvalue weighted by Crippen LogP contribution is 2.17. The average molecular weight is 294 g/mol. The summed E-state index contributed by atoms with van der Waals surface area (Å²) >= 11 is 1.81. The maximum atomic E-state index is 6.04. The summed E-state index contributed by atoms with van der Waals surface area (Å²) in [4.78, 5) is 7.73. The van der Waals surface area contributed by atoms with Crippen molar-refractivity contribution in [3.63, 3.8) is 0 Å². The van der Waals surface area contributed by atoms with Gasteiger partial charge in [-0.05, 0) is 30.6 Å². The van der Waals surface area contributed by atoms with E-state index in [1.165, 1.54) is 0 Å². The molecule has 17 heavy (non-hydrogen) atoms. The second-order valence-electron chi connectivity index (χ2n) is 3.53. The van der Waals surface area contributed by atoms with Crippen molar-refractivity contribution in [2.24, 2.45) is 5.73 Å². The number of aromatic amines is 1. The van der Waals surface area contributed by atoms with Gasteiger partial charge in [-0.25, -0.2) is 4.98 Å². The van der Waals surface area contributed by atoms with Crippen LogP contribution in [0.1, 0.15) is 18.3 Å². The van der Waals surface area contributed by atoms with Gasteiger partial charge in [0.1, 0.15) is 5.82 Å². The van der Waals surface area contributed by atoms with Crippen molar-refractivity contribution in [3.8, 4) is 0 Å². The summed E-state index contributed by atoms with van der Waals surface area (Å²) in [5.74, 6) is 1.96. The van der Waals surface area contributed by atoms with Crippen LogP contribution in [0.2, 0.25) is 0 Å². The van der Waals surface area contributed by atoms with E-state index in [9.17, 15) is 0 Å². The van der Waals surface area contributed by atoms with E-state index in [1.54, 1.807) is 0 Å². The molecule has 1 aromatic carbocycles. The Bertz CT molecular complexity index is 414. The lowest BCUT2D eigenvalue weighted by molar-refractivity contribution is 0.666. The van der Waals surface area contributed by atoms with Gasteiger partial charge in [-0.2, -0.15) is 11.8 Å². The lowest BCUT2D eigenvalue weighted by atomic mass is 10.2. The molecule has 0 fully saturated rings. The van der Waals surface area contributed by atoms with Crippen LogP contribution in [-0.4, -0.2) is 22.0 Å². The fourth-order valence-corrected chi connectivity index (χ4v) is 2.02. The zero-order valence-electron chi connectivity index (χ0n) is 9.55. The van der Waals surface area contributed by atoms with E-state index < -0.39 is 0 Å². The second kappa shape index (κ2) is 7.82. The predicted octanol–water partition coefficient (Wildman–Crippen LogP) is 3.16. The van der Waals surface area contributed by atoms with Crippen LogP contribution in [0, 0.1) is 0 Å². The summed E-state index contributed by atoms with van der Waals surface area (Å²) in [6.07, 6.45) is 3.05. The van der Waals surface area contributed by atoms with Gasteiger partial charge in [-0.3, -0.25) is 0 Å². The molecular weight excluding hydrogens is 277 g/mol. The van der Waals surface area contributed by atoms with Crippen molar-refractivity contribution in [1.29, 1.82) is 0 Å². The van der Waals surface area contributed by atoms with Crippen molar-refractivity contribution in [1.82, 2.24) is 9.97 Å². The van der Waals surface area contributed by atoms with Gasteiger partial charge in [-0.15, -0.1) is 24.8 Å². The van der Waals surface area contributed by atoms with E-state index in [1.807, 2.05) is 36.0 Å². The number of H-pyrrole nitrogens is 1. The number of thioether (sulfide) groups is 1. The van der Waals surface area contributed by atoms with Gasteiger partial charge in [0.15, 0.2) is 0 Å². The number of benzene rings is 1. The Labute approximate surface area is 118 Å². The number of hydrogen-bond donors (Lipinski definition) is 2. The largest absolute Gasteiger partial charge is 0.341 e. The quantitative estimate of drug-likeness (QED) is 0.910. The summed E-state index contributed by atoms with van der Waals surface area (Å²) in [5, 5.41) is 0. The van der Waals surface area contributed by atoms with E-state index >= 15 is 0 Å². The van der Waals surface area contributed by atoms with Gasteiger partial charge >= 0.3 is 0 Å². The molecule has 0 aliphatic heterocycles. The number of nitrogens with one attached hydrogen (secondary N) is 1. The van der Waals surface area contributed by atoms with Crippen molar-refractivity contribution < 1.29 is 0 Å². The standard InChI is InChI=1S/C11H15N3S.2ClH/c1-15-7-6-8(12)11-13-9-4-2-3-5-10(9)14-11;;/h2-5,8H,6-7,12H2,1H3,(H,13,14);2*1H/t8-;;/m1../s1. The zero-order chi connectivity index (χ0) is 10.7. The lowest BCUT2D eigenvalue weighted by Crippen LogP contribution is -2.12. The maximum Gasteiger partial charge on any atom is 0.124 e. The van der Waals surface area contributed by atoms with Gasteiger partial charge < -0.3 is 10.7 Å². The predicted molar refractivity (Wildman–Crippen MR) is 80.5 cm³/mol.